The molecule has 0 spiro atoms. The molecule has 0 fully saturated rings. The summed E-state index contributed by atoms with van der Waals surface area (Å²) < 4.78 is 20.4. The van der Waals surface area contributed by atoms with Gasteiger partial charge in [0.1, 0.15) is 12.4 Å². The van der Waals surface area contributed by atoms with Gasteiger partial charge in [-0.1, -0.05) is 88.7 Å². The Bertz CT molecular complexity index is 1430. The number of hydrogen-bond acceptors (Lipinski definition) is 3. The van der Waals surface area contributed by atoms with Crippen LogP contribution < -0.4 is 10.2 Å². The number of alkyl carbamates (subject to hydrolysis) is 1. The molecule has 0 saturated carbocycles. The second kappa shape index (κ2) is 10.6. The van der Waals surface area contributed by atoms with Crippen LogP contribution in [0.25, 0.3) is 0 Å². The van der Waals surface area contributed by atoms with Crippen LogP contribution in [-0.2, 0) is 17.8 Å². The zero-order chi connectivity index (χ0) is 26.1. The van der Waals surface area contributed by atoms with Crippen LogP contribution >= 0.6 is 15.9 Å². The second-order valence-electron chi connectivity index (χ2n) is 9.93. The van der Waals surface area contributed by atoms with Crippen LogP contribution in [0.1, 0.15) is 58.8 Å². The molecule has 4 aromatic rings. The van der Waals surface area contributed by atoms with E-state index in [-0.39, 0.29) is 30.5 Å². The van der Waals surface area contributed by atoms with Crippen molar-refractivity contribution in [2.24, 2.45) is 0 Å². The largest absolute Gasteiger partial charge is 0.445 e. The van der Waals surface area contributed by atoms with Crippen molar-refractivity contribution >= 4 is 27.7 Å². The van der Waals surface area contributed by atoms with E-state index in [9.17, 15) is 9.18 Å². The van der Waals surface area contributed by atoms with E-state index in [1.165, 1.54) is 16.8 Å². The summed E-state index contributed by atoms with van der Waals surface area (Å²) in [5.41, 5.74) is 6.76. The van der Waals surface area contributed by atoms with Gasteiger partial charge in [-0.25, -0.2) is 9.18 Å². The van der Waals surface area contributed by atoms with Crippen LogP contribution in [0.3, 0.4) is 0 Å². The van der Waals surface area contributed by atoms with E-state index < -0.39 is 6.09 Å². The van der Waals surface area contributed by atoms with Crippen LogP contribution in [0.4, 0.5) is 14.9 Å². The predicted molar refractivity (Wildman–Crippen MR) is 150 cm³/mol. The summed E-state index contributed by atoms with van der Waals surface area (Å²) in [6, 6.07) is 31.3. The Hall–Kier alpha value is -3.64. The van der Waals surface area contributed by atoms with E-state index in [0.29, 0.717) is 6.42 Å². The van der Waals surface area contributed by atoms with Crippen LogP contribution in [0.2, 0.25) is 0 Å². The van der Waals surface area contributed by atoms with Gasteiger partial charge in [-0.15, -0.1) is 0 Å². The molecule has 38 heavy (non-hydrogen) atoms. The van der Waals surface area contributed by atoms with Crippen molar-refractivity contribution < 1.29 is 13.9 Å². The lowest BCUT2D eigenvalue weighted by Crippen LogP contribution is -2.44. The van der Waals surface area contributed by atoms with Crippen LogP contribution in [0.15, 0.2) is 102 Å². The van der Waals surface area contributed by atoms with Crippen LogP contribution in [0.5, 0.6) is 0 Å². The minimum atomic E-state index is -0.426. The number of rotatable bonds is 5. The van der Waals surface area contributed by atoms with Gasteiger partial charge < -0.3 is 15.0 Å². The molecular weight excluding hydrogens is 543 g/mol. The van der Waals surface area contributed by atoms with Crippen molar-refractivity contribution in [3.63, 3.8) is 0 Å². The van der Waals surface area contributed by atoms with Crippen molar-refractivity contribution in [3.8, 4) is 0 Å². The third kappa shape index (κ3) is 4.93. The third-order valence-electron chi connectivity index (χ3n) is 7.62. The van der Waals surface area contributed by atoms with Gasteiger partial charge in [-0.3, -0.25) is 0 Å². The van der Waals surface area contributed by atoms with Gasteiger partial charge in [-0.05, 0) is 71.3 Å². The van der Waals surface area contributed by atoms with Crippen molar-refractivity contribution in [2.45, 2.75) is 44.0 Å². The van der Waals surface area contributed by atoms with E-state index in [4.69, 9.17) is 4.74 Å². The number of nitrogens with one attached hydrogen (secondary N) is 1. The Labute approximate surface area is 230 Å². The highest BCUT2D eigenvalue weighted by molar-refractivity contribution is 9.10. The maximum absolute atomic E-state index is 13.8. The summed E-state index contributed by atoms with van der Waals surface area (Å²) in [5, 5.41) is 3.17. The second-order valence-corrected chi connectivity index (χ2v) is 10.8. The maximum atomic E-state index is 13.8. The van der Waals surface area contributed by atoms with Gasteiger partial charge in [0.05, 0.1) is 18.1 Å². The third-order valence-corrected chi connectivity index (χ3v) is 8.15. The molecule has 0 saturated heterocycles. The van der Waals surface area contributed by atoms with Gasteiger partial charge in [0.2, 0.25) is 0 Å². The number of ether oxygens (including phenoxy) is 1. The highest BCUT2D eigenvalue weighted by Gasteiger charge is 2.41. The van der Waals surface area contributed by atoms with Gasteiger partial charge in [0.15, 0.2) is 0 Å². The molecule has 0 unspecified atom stereocenters. The predicted octanol–water partition coefficient (Wildman–Crippen LogP) is 8.19. The summed E-state index contributed by atoms with van der Waals surface area (Å²) >= 11 is 3.56. The molecule has 4 nitrogen and oxygen atoms in total. The van der Waals surface area contributed by atoms with E-state index >= 15 is 0 Å². The lowest BCUT2D eigenvalue weighted by Gasteiger charge is -2.50. The first-order chi connectivity index (χ1) is 18.6. The number of aryl methyl sites for hydroxylation is 1. The molecule has 0 aromatic heterocycles. The zero-order valence-corrected chi connectivity index (χ0v) is 22.4. The number of halogens is 2. The molecule has 4 aromatic carbocycles. The highest BCUT2D eigenvalue weighted by Crippen LogP contribution is 2.53. The molecule has 0 bridgehead atoms. The van der Waals surface area contributed by atoms with E-state index in [0.717, 1.165) is 34.0 Å². The molecular formula is C32H28BrFN2O2. The van der Waals surface area contributed by atoms with E-state index in [1.807, 2.05) is 42.5 Å². The fourth-order valence-corrected chi connectivity index (χ4v) is 6.13. The normalized spacial score (nSPS) is 19.9. The Morgan fingerprint density at radius 3 is 2.37 bits per heavy atom. The van der Waals surface area contributed by atoms with Crippen molar-refractivity contribution in [3.05, 3.63) is 135 Å². The van der Waals surface area contributed by atoms with Gasteiger partial charge in [0.25, 0.3) is 0 Å². The summed E-state index contributed by atoms with van der Waals surface area (Å²) in [5.74, 6) is -0.230. The average molecular weight is 571 g/mol. The lowest BCUT2D eigenvalue weighted by molar-refractivity contribution is 0.134. The Balaban J connectivity index is 1.36. The zero-order valence-electron chi connectivity index (χ0n) is 20.8. The number of hydrogen-bond donors (Lipinski definition) is 1. The first-order valence-corrected chi connectivity index (χ1v) is 13.7. The first kappa shape index (κ1) is 24.7. The molecule has 3 atom stereocenters. The Morgan fingerprint density at radius 2 is 1.61 bits per heavy atom. The fraction of sp³-hybridized carbons (Fsp3) is 0.219. The lowest BCUT2D eigenvalue weighted by atomic mass is 9.79. The Morgan fingerprint density at radius 1 is 0.895 bits per heavy atom. The van der Waals surface area contributed by atoms with Gasteiger partial charge >= 0.3 is 6.09 Å². The maximum Gasteiger partial charge on any atom is 0.407 e. The van der Waals surface area contributed by atoms with E-state index in [1.54, 1.807) is 12.1 Å². The summed E-state index contributed by atoms with van der Waals surface area (Å²) in [7, 11) is 0. The molecule has 6 heteroatoms. The quantitative estimate of drug-likeness (QED) is 0.263. The molecule has 2 heterocycles. The standard InChI is InChI=1S/C32H28BrFN2O2/c33-25-14-9-23(10-15-25)30-19-28(35-32(37)38-20-21-5-2-1-3-6-21)27-8-4-7-24-13-18-29(36(30)31(24)27)22-11-16-26(34)17-12-22/h1-12,14-17,28-30H,13,18-20H2,(H,35,37)/t28-,29-,30-/m0/s1. The van der Waals surface area contributed by atoms with Gasteiger partial charge in [-0.2, -0.15) is 0 Å². The van der Waals surface area contributed by atoms with Crippen LogP contribution in [0, 0.1) is 5.82 Å². The highest BCUT2D eigenvalue weighted by atomic mass is 79.9. The van der Waals surface area contributed by atoms with Crippen molar-refractivity contribution in [1.29, 1.82) is 0 Å². The number of carbonyl (C=O) groups excluding carboxylic acids is 1. The number of nitrogens with zero attached hydrogens (tertiary/aromatic N) is 1. The summed E-state index contributed by atoms with van der Waals surface area (Å²) in [6.45, 7) is 0.223. The number of para-hydroxylation sites is 1. The number of benzene rings is 4. The van der Waals surface area contributed by atoms with Crippen LogP contribution in [-0.4, -0.2) is 6.09 Å². The first-order valence-electron chi connectivity index (χ1n) is 12.9. The van der Waals surface area contributed by atoms with Crippen molar-refractivity contribution in [1.82, 2.24) is 5.32 Å². The molecule has 6 rings (SSSR count). The SMILES string of the molecule is O=C(N[C@H]1C[C@@H](c2ccc(Br)cc2)N2c3c(cccc31)CC[C@H]2c1ccc(F)cc1)OCc1ccccc1. The topological polar surface area (TPSA) is 41.6 Å². The van der Waals surface area contributed by atoms with E-state index in [2.05, 4.69) is 68.6 Å². The molecule has 2 aliphatic heterocycles. The molecule has 192 valence electrons. The van der Waals surface area contributed by atoms with Gasteiger partial charge in [0, 0.05) is 10.2 Å². The van der Waals surface area contributed by atoms with Crippen molar-refractivity contribution in [2.75, 3.05) is 4.90 Å². The number of anilines is 1. The monoisotopic (exact) mass is 570 g/mol. The number of carbonyl (C=O) groups is 1. The number of amides is 1. The molecule has 0 radical (unpaired) electrons. The fourth-order valence-electron chi connectivity index (χ4n) is 5.87. The average Bonchev–Trinajstić information content (AvgIpc) is 2.95. The Kier molecular flexibility index (Phi) is 6.90. The summed E-state index contributed by atoms with van der Waals surface area (Å²) in [6.07, 6.45) is 2.12. The molecule has 2 aliphatic rings. The minimum Gasteiger partial charge on any atom is -0.445 e. The summed E-state index contributed by atoms with van der Waals surface area (Å²) in [4.78, 5) is 15.5. The molecule has 0 aliphatic carbocycles. The smallest absolute Gasteiger partial charge is 0.407 e. The molecule has 1 amide bonds. The minimum absolute atomic E-state index is 0.0199. The molecule has 1 N–H and O–H groups in total.